The van der Waals surface area contributed by atoms with Gasteiger partial charge in [-0.3, -0.25) is 4.79 Å². The zero-order valence-corrected chi connectivity index (χ0v) is 12.3. The van der Waals surface area contributed by atoms with Gasteiger partial charge in [0, 0.05) is 31.6 Å². The lowest BCUT2D eigenvalue weighted by molar-refractivity contribution is -0.120. The smallest absolute Gasteiger partial charge is 0.245 e. The SMILES string of the molecule is CCN(C(=O)C1CNCCN1)c1cccc2ccccc12. The molecule has 1 aliphatic heterocycles. The van der Waals surface area contributed by atoms with E-state index >= 15 is 0 Å². The molecule has 2 aromatic carbocycles. The number of carbonyl (C=O) groups excluding carboxylic acids is 1. The van der Waals surface area contributed by atoms with E-state index in [0.717, 1.165) is 29.5 Å². The molecule has 1 atom stereocenters. The zero-order chi connectivity index (χ0) is 14.7. The quantitative estimate of drug-likeness (QED) is 0.902. The summed E-state index contributed by atoms with van der Waals surface area (Å²) < 4.78 is 0. The Morgan fingerprint density at radius 2 is 2.00 bits per heavy atom. The van der Waals surface area contributed by atoms with Crippen molar-refractivity contribution in [2.75, 3.05) is 31.1 Å². The van der Waals surface area contributed by atoms with E-state index < -0.39 is 0 Å². The summed E-state index contributed by atoms with van der Waals surface area (Å²) in [7, 11) is 0. The molecule has 1 amide bonds. The predicted octanol–water partition coefficient (Wildman–Crippen LogP) is 1.75. The van der Waals surface area contributed by atoms with Crippen molar-refractivity contribution in [2.45, 2.75) is 13.0 Å². The minimum Gasteiger partial charge on any atom is -0.313 e. The van der Waals surface area contributed by atoms with Crippen LogP contribution in [0.3, 0.4) is 0 Å². The first-order valence-corrected chi connectivity index (χ1v) is 7.54. The highest BCUT2D eigenvalue weighted by Gasteiger charge is 2.26. The number of likely N-dealkylation sites (N-methyl/N-ethyl adjacent to an activating group) is 1. The van der Waals surface area contributed by atoms with Crippen molar-refractivity contribution in [2.24, 2.45) is 0 Å². The van der Waals surface area contributed by atoms with Gasteiger partial charge in [-0.2, -0.15) is 0 Å². The highest BCUT2D eigenvalue weighted by atomic mass is 16.2. The number of carbonyl (C=O) groups is 1. The lowest BCUT2D eigenvalue weighted by Crippen LogP contribution is -2.56. The Labute approximate surface area is 125 Å². The average Bonchev–Trinajstić information content (AvgIpc) is 2.56. The molecule has 0 saturated carbocycles. The van der Waals surface area contributed by atoms with E-state index in [0.29, 0.717) is 13.1 Å². The summed E-state index contributed by atoms with van der Waals surface area (Å²) in [6, 6.07) is 14.2. The molecule has 0 aromatic heterocycles. The number of hydrogen-bond donors (Lipinski definition) is 2. The number of benzene rings is 2. The van der Waals surface area contributed by atoms with E-state index in [-0.39, 0.29) is 11.9 Å². The van der Waals surface area contributed by atoms with E-state index in [4.69, 9.17) is 0 Å². The Balaban J connectivity index is 1.96. The Bertz CT molecular complexity index is 629. The second kappa shape index (κ2) is 6.24. The van der Waals surface area contributed by atoms with Crippen LogP contribution < -0.4 is 15.5 Å². The molecular formula is C17H21N3O. The molecule has 2 N–H and O–H groups in total. The van der Waals surface area contributed by atoms with Crippen molar-refractivity contribution in [3.63, 3.8) is 0 Å². The van der Waals surface area contributed by atoms with E-state index in [1.807, 2.05) is 36.1 Å². The Morgan fingerprint density at radius 3 is 2.76 bits per heavy atom. The van der Waals surface area contributed by atoms with Crippen molar-refractivity contribution in [3.8, 4) is 0 Å². The molecule has 0 radical (unpaired) electrons. The molecular weight excluding hydrogens is 262 g/mol. The van der Waals surface area contributed by atoms with Crippen molar-refractivity contribution in [3.05, 3.63) is 42.5 Å². The van der Waals surface area contributed by atoms with Crippen LogP contribution in [0.5, 0.6) is 0 Å². The number of nitrogens with one attached hydrogen (secondary N) is 2. The highest BCUT2D eigenvalue weighted by molar-refractivity contribution is 6.05. The van der Waals surface area contributed by atoms with Gasteiger partial charge in [-0.15, -0.1) is 0 Å². The van der Waals surface area contributed by atoms with Crippen LogP contribution >= 0.6 is 0 Å². The molecule has 21 heavy (non-hydrogen) atoms. The largest absolute Gasteiger partial charge is 0.313 e. The Kier molecular flexibility index (Phi) is 4.18. The summed E-state index contributed by atoms with van der Waals surface area (Å²) in [5.74, 6) is 0.140. The maximum atomic E-state index is 12.8. The minimum atomic E-state index is -0.141. The summed E-state index contributed by atoms with van der Waals surface area (Å²) in [6.07, 6.45) is 0. The molecule has 0 bridgehead atoms. The number of amides is 1. The maximum absolute atomic E-state index is 12.8. The van der Waals surface area contributed by atoms with Crippen LogP contribution in [0.4, 0.5) is 5.69 Å². The number of fused-ring (bicyclic) bond motifs is 1. The van der Waals surface area contributed by atoms with Crippen LogP contribution in [-0.4, -0.2) is 38.1 Å². The fourth-order valence-corrected chi connectivity index (χ4v) is 2.90. The van der Waals surface area contributed by atoms with Gasteiger partial charge in [-0.25, -0.2) is 0 Å². The molecule has 4 nitrogen and oxygen atoms in total. The number of rotatable bonds is 3. The number of hydrogen-bond acceptors (Lipinski definition) is 3. The van der Waals surface area contributed by atoms with Gasteiger partial charge in [-0.05, 0) is 18.4 Å². The number of anilines is 1. The molecule has 4 heteroatoms. The van der Waals surface area contributed by atoms with Gasteiger partial charge in [0.15, 0.2) is 0 Å². The van der Waals surface area contributed by atoms with Crippen molar-refractivity contribution in [1.82, 2.24) is 10.6 Å². The Morgan fingerprint density at radius 1 is 1.19 bits per heavy atom. The topological polar surface area (TPSA) is 44.4 Å². The van der Waals surface area contributed by atoms with E-state index in [1.54, 1.807) is 0 Å². The molecule has 3 rings (SSSR count). The van der Waals surface area contributed by atoms with E-state index in [1.165, 1.54) is 0 Å². The standard InChI is InChI=1S/C17H21N3O/c1-2-20(17(21)15-12-18-10-11-19-15)16-9-5-7-13-6-3-4-8-14(13)16/h3-9,15,18-19H,2,10-12H2,1H3. The molecule has 1 unspecified atom stereocenters. The lowest BCUT2D eigenvalue weighted by Gasteiger charge is -2.30. The molecule has 2 aromatic rings. The monoisotopic (exact) mass is 283 g/mol. The molecule has 0 aliphatic carbocycles. The van der Waals surface area contributed by atoms with Gasteiger partial charge in [0.2, 0.25) is 5.91 Å². The Hall–Kier alpha value is -1.91. The highest BCUT2D eigenvalue weighted by Crippen LogP contribution is 2.27. The summed E-state index contributed by atoms with van der Waals surface area (Å²) in [5, 5.41) is 8.86. The van der Waals surface area contributed by atoms with Gasteiger partial charge in [-0.1, -0.05) is 36.4 Å². The fourth-order valence-electron chi connectivity index (χ4n) is 2.90. The van der Waals surface area contributed by atoms with Gasteiger partial charge >= 0.3 is 0 Å². The average molecular weight is 283 g/mol. The van der Waals surface area contributed by atoms with Gasteiger partial charge in [0.1, 0.15) is 0 Å². The first-order chi connectivity index (χ1) is 10.3. The molecule has 1 aliphatic rings. The summed E-state index contributed by atoms with van der Waals surface area (Å²) in [4.78, 5) is 14.7. The third-order valence-corrected chi connectivity index (χ3v) is 3.98. The van der Waals surface area contributed by atoms with Gasteiger partial charge < -0.3 is 15.5 Å². The van der Waals surface area contributed by atoms with Crippen LogP contribution in [0.2, 0.25) is 0 Å². The van der Waals surface area contributed by atoms with E-state index in [2.05, 4.69) is 28.8 Å². The fraction of sp³-hybridized carbons (Fsp3) is 0.353. The first kappa shape index (κ1) is 14.0. The second-order valence-electron chi connectivity index (χ2n) is 5.29. The third kappa shape index (κ3) is 2.77. The summed E-state index contributed by atoms with van der Waals surface area (Å²) >= 11 is 0. The lowest BCUT2D eigenvalue weighted by atomic mass is 10.1. The predicted molar refractivity (Wildman–Crippen MR) is 86.6 cm³/mol. The molecule has 110 valence electrons. The molecule has 1 heterocycles. The first-order valence-electron chi connectivity index (χ1n) is 7.54. The van der Waals surface area contributed by atoms with Crippen molar-refractivity contribution < 1.29 is 4.79 Å². The molecule has 1 saturated heterocycles. The number of piperazine rings is 1. The van der Waals surface area contributed by atoms with Crippen molar-refractivity contribution >= 4 is 22.4 Å². The molecule has 1 fully saturated rings. The van der Waals surface area contributed by atoms with Crippen LogP contribution in [-0.2, 0) is 4.79 Å². The van der Waals surface area contributed by atoms with Gasteiger partial charge in [0.25, 0.3) is 0 Å². The second-order valence-corrected chi connectivity index (χ2v) is 5.29. The third-order valence-electron chi connectivity index (χ3n) is 3.98. The van der Waals surface area contributed by atoms with Crippen LogP contribution in [0, 0.1) is 0 Å². The minimum absolute atomic E-state index is 0.140. The van der Waals surface area contributed by atoms with Crippen LogP contribution in [0.25, 0.3) is 10.8 Å². The van der Waals surface area contributed by atoms with Crippen molar-refractivity contribution in [1.29, 1.82) is 0 Å². The zero-order valence-electron chi connectivity index (χ0n) is 12.3. The normalized spacial score (nSPS) is 18.6. The summed E-state index contributed by atoms with van der Waals surface area (Å²) in [5.41, 5.74) is 0.993. The number of nitrogens with zero attached hydrogens (tertiary/aromatic N) is 1. The van der Waals surface area contributed by atoms with Crippen LogP contribution in [0.1, 0.15) is 6.92 Å². The van der Waals surface area contributed by atoms with Crippen LogP contribution in [0.15, 0.2) is 42.5 Å². The van der Waals surface area contributed by atoms with Gasteiger partial charge in [0.05, 0.1) is 11.7 Å². The maximum Gasteiger partial charge on any atom is 0.245 e. The molecule has 0 spiro atoms. The van der Waals surface area contributed by atoms with E-state index in [9.17, 15) is 4.79 Å². The summed E-state index contributed by atoms with van der Waals surface area (Å²) in [6.45, 7) is 5.15.